The highest BCUT2D eigenvalue weighted by atomic mass is 16.5. The Bertz CT molecular complexity index is 942. The fourth-order valence-corrected chi connectivity index (χ4v) is 5.24. The molecule has 170 valence electrons. The molecule has 31 heavy (non-hydrogen) atoms. The number of aromatic nitrogens is 2. The third-order valence-corrected chi connectivity index (χ3v) is 7.50. The van der Waals surface area contributed by atoms with Crippen LogP contribution in [-0.2, 0) is 16.7 Å². The Hall–Kier alpha value is -1.72. The molecule has 4 rings (SSSR count). The lowest BCUT2D eigenvalue weighted by atomic mass is 9.87. The standard InChI is InChI=1S/C26H39N3O2/c1-6-25(3,4)24-28-21-14-20(23(30)26(5)17-27-15-18(2)31-26)12-13-22(21)29(24)16-19-10-8-7-9-11-19/h12-14,18-19,27H,6-11,15-17H2,1-5H3/t18-,26+/m0/s1. The molecule has 0 amide bonds. The van der Waals surface area contributed by atoms with Crippen LogP contribution < -0.4 is 5.32 Å². The van der Waals surface area contributed by atoms with Crippen LogP contribution in [0.4, 0.5) is 0 Å². The lowest BCUT2D eigenvalue weighted by molar-refractivity contribution is -0.0735. The topological polar surface area (TPSA) is 56.1 Å². The molecule has 5 heteroatoms. The first-order valence-corrected chi connectivity index (χ1v) is 12.2. The van der Waals surface area contributed by atoms with E-state index in [4.69, 9.17) is 9.72 Å². The predicted molar refractivity (Wildman–Crippen MR) is 126 cm³/mol. The number of ether oxygens (including phenoxy) is 1. The fraction of sp³-hybridized carbons (Fsp3) is 0.692. The Morgan fingerprint density at radius 3 is 2.71 bits per heavy atom. The van der Waals surface area contributed by atoms with Crippen molar-refractivity contribution in [3.05, 3.63) is 29.6 Å². The van der Waals surface area contributed by atoms with Gasteiger partial charge in [-0.3, -0.25) is 4.79 Å². The number of rotatable bonds is 6. The average molecular weight is 426 g/mol. The van der Waals surface area contributed by atoms with Gasteiger partial charge >= 0.3 is 0 Å². The van der Waals surface area contributed by atoms with Gasteiger partial charge in [0.1, 0.15) is 11.4 Å². The van der Waals surface area contributed by atoms with Crippen molar-refractivity contribution in [2.75, 3.05) is 13.1 Å². The lowest BCUT2D eigenvalue weighted by Gasteiger charge is -2.36. The molecule has 0 radical (unpaired) electrons. The molecule has 1 aliphatic carbocycles. The van der Waals surface area contributed by atoms with Gasteiger partial charge in [-0.05, 0) is 57.2 Å². The Balaban J connectivity index is 1.71. The van der Waals surface area contributed by atoms with Crippen LogP contribution >= 0.6 is 0 Å². The summed E-state index contributed by atoms with van der Waals surface area (Å²) in [5.74, 6) is 1.91. The van der Waals surface area contributed by atoms with Gasteiger partial charge in [0, 0.05) is 30.6 Å². The molecule has 2 heterocycles. The molecule has 5 nitrogen and oxygen atoms in total. The van der Waals surface area contributed by atoms with E-state index in [-0.39, 0.29) is 17.3 Å². The van der Waals surface area contributed by atoms with E-state index in [1.807, 2.05) is 26.0 Å². The number of morpholine rings is 1. The molecule has 2 aromatic rings. The summed E-state index contributed by atoms with van der Waals surface area (Å²) < 4.78 is 8.52. The first kappa shape index (κ1) is 22.5. The summed E-state index contributed by atoms with van der Waals surface area (Å²) in [6.07, 6.45) is 7.72. The number of ketones is 1. The Labute approximate surface area is 186 Å². The van der Waals surface area contributed by atoms with Crippen LogP contribution in [0, 0.1) is 5.92 Å². The summed E-state index contributed by atoms with van der Waals surface area (Å²) in [5.41, 5.74) is 1.93. The van der Waals surface area contributed by atoms with Crippen LogP contribution in [0.25, 0.3) is 11.0 Å². The highest BCUT2D eigenvalue weighted by Crippen LogP contribution is 2.34. The minimum Gasteiger partial charge on any atom is -0.362 e. The molecule has 2 aliphatic rings. The maximum absolute atomic E-state index is 13.4. The Morgan fingerprint density at radius 2 is 2.03 bits per heavy atom. The number of carbonyl (C=O) groups excluding carboxylic acids is 1. The highest BCUT2D eigenvalue weighted by Gasteiger charge is 2.39. The molecule has 2 fully saturated rings. The molecule has 1 N–H and O–H groups in total. The van der Waals surface area contributed by atoms with E-state index in [0.717, 1.165) is 42.3 Å². The minimum atomic E-state index is -0.832. The zero-order chi connectivity index (χ0) is 22.2. The van der Waals surface area contributed by atoms with Crippen molar-refractivity contribution in [2.45, 2.75) is 96.8 Å². The second-order valence-corrected chi connectivity index (χ2v) is 10.6. The summed E-state index contributed by atoms with van der Waals surface area (Å²) in [5, 5.41) is 3.33. The normalized spacial score (nSPS) is 25.8. The molecule has 0 spiro atoms. The zero-order valence-electron chi connectivity index (χ0n) is 20.0. The summed E-state index contributed by atoms with van der Waals surface area (Å²) in [6, 6.07) is 6.06. The van der Waals surface area contributed by atoms with E-state index in [0.29, 0.717) is 12.1 Å². The number of carbonyl (C=O) groups is 1. The van der Waals surface area contributed by atoms with E-state index in [2.05, 4.69) is 36.7 Å². The van der Waals surface area contributed by atoms with Crippen molar-refractivity contribution in [2.24, 2.45) is 5.92 Å². The van der Waals surface area contributed by atoms with Crippen LogP contribution in [0.2, 0.25) is 0 Å². The van der Waals surface area contributed by atoms with Crippen molar-refractivity contribution >= 4 is 16.8 Å². The quantitative estimate of drug-likeness (QED) is 0.642. The fourth-order valence-electron chi connectivity index (χ4n) is 5.24. The molecule has 1 aromatic carbocycles. The third kappa shape index (κ3) is 4.45. The van der Waals surface area contributed by atoms with Crippen molar-refractivity contribution in [3.63, 3.8) is 0 Å². The van der Waals surface area contributed by atoms with Gasteiger partial charge in [-0.2, -0.15) is 0 Å². The maximum Gasteiger partial charge on any atom is 0.195 e. The summed E-state index contributed by atoms with van der Waals surface area (Å²) in [6.45, 7) is 13.0. The molecule has 2 atom stereocenters. The largest absolute Gasteiger partial charge is 0.362 e. The van der Waals surface area contributed by atoms with E-state index in [1.54, 1.807) is 0 Å². The Morgan fingerprint density at radius 1 is 1.29 bits per heavy atom. The molecule has 1 aliphatic heterocycles. The van der Waals surface area contributed by atoms with Crippen LogP contribution in [0.1, 0.15) is 89.3 Å². The van der Waals surface area contributed by atoms with Gasteiger partial charge in [0.05, 0.1) is 17.1 Å². The first-order valence-electron chi connectivity index (χ1n) is 12.2. The van der Waals surface area contributed by atoms with Gasteiger partial charge in [0.2, 0.25) is 0 Å². The summed E-state index contributed by atoms with van der Waals surface area (Å²) >= 11 is 0. The van der Waals surface area contributed by atoms with Crippen molar-refractivity contribution < 1.29 is 9.53 Å². The maximum atomic E-state index is 13.4. The van der Waals surface area contributed by atoms with Crippen LogP contribution in [0.3, 0.4) is 0 Å². The van der Waals surface area contributed by atoms with E-state index >= 15 is 0 Å². The zero-order valence-corrected chi connectivity index (χ0v) is 20.0. The third-order valence-electron chi connectivity index (χ3n) is 7.50. The highest BCUT2D eigenvalue weighted by molar-refractivity contribution is 6.04. The van der Waals surface area contributed by atoms with E-state index in [1.165, 1.54) is 32.1 Å². The van der Waals surface area contributed by atoms with E-state index < -0.39 is 5.60 Å². The smallest absolute Gasteiger partial charge is 0.195 e. The van der Waals surface area contributed by atoms with Gasteiger partial charge in [0.15, 0.2) is 5.78 Å². The predicted octanol–water partition coefficient (Wildman–Crippen LogP) is 5.25. The van der Waals surface area contributed by atoms with Gasteiger partial charge in [-0.25, -0.2) is 4.98 Å². The first-order chi connectivity index (χ1) is 14.7. The second kappa shape index (κ2) is 8.67. The van der Waals surface area contributed by atoms with Gasteiger partial charge in [-0.15, -0.1) is 0 Å². The lowest BCUT2D eigenvalue weighted by Crippen LogP contribution is -2.55. The van der Waals surface area contributed by atoms with Gasteiger partial charge < -0.3 is 14.6 Å². The SMILES string of the molecule is CCC(C)(C)c1nc2cc(C(=O)[C@@]3(C)CNC[C@H](C)O3)ccc2n1CC1CCCCC1. The summed E-state index contributed by atoms with van der Waals surface area (Å²) in [4.78, 5) is 18.5. The number of nitrogens with one attached hydrogen (secondary N) is 1. The molecular formula is C26H39N3O2. The van der Waals surface area contributed by atoms with Crippen molar-refractivity contribution in [1.29, 1.82) is 0 Å². The average Bonchev–Trinajstić information content (AvgIpc) is 3.12. The van der Waals surface area contributed by atoms with Crippen LogP contribution in [0.5, 0.6) is 0 Å². The van der Waals surface area contributed by atoms with Crippen LogP contribution in [-0.4, -0.2) is 40.1 Å². The van der Waals surface area contributed by atoms with Crippen LogP contribution in [0.15, 0.2) is 18.2 Å². The molecule has 0 unspecified atom stereocenters. The molecule has 1 saturated heterocycles. The molecular weight excluding hydrogens is 386 g/mol. The number of hydrogen-bond acceptors (Lipinski definition) is 4. The minimum absolute atomic E-state index is 0.00429. The number of imidazole rings is 1. The monoisotopic (exact) mass is 425 g/mol. The number of fused-ring (bicyclic) bond motifs is 1. The van der Waals surface area contributed by atoms with Crippen molar-refractivity contribution in [1.82, 2.24) is 14.9 Å². The number of benzene rings is 1. The number of Topliss-reactive ketones (excluding diaryl/α,β-unsaturated/α-hetero) is 1. The van der Waals surface area contributed by atoms with Crippen molar-refractivity contribution in [3.8, 4) is 0 Å². The number of nitrogens with zero attached hydrogens (tertiary/aromatic N) is 2. The second-order valence-electron chi connectivity index (χ2n) is 10.6. The van der Waals surface area contributed by atoms with E-state index in [9.17, 15) is 4.79 Å². The Kier molecular flexibility index (Phi) is 6.28. The molecule has 1 saturated carbocycles. The van der Waals surface area contributed by atoms with Gasteiger partial charge in [0.25, 0.3) is 0 Å². The number of hydrogen-bond donors (Lipinski definition) is 1. The molecule has 1 aromatic heterocycles. The van der Waals surface area contributed by atoms with Gasteiger partial charge in [-0.1, -0.05) is 40.0 Å². The summed E-state index contributed by atoms with van der Waals surface area (Å²) in [7, 11) is 0. The molecule has 0 bridgehead atoms.